The van der Waals surface area contributed by atoms with Gasteiger partial charge in [-0.25, -0.2) is 8.78 Å². The van der Waals surface area contributed by atoms with E-state index in [-0.39, 0.29) is 12.8 Å². The van der Waals surface area contributed by atoms with Crippen molar-refractivity contribution in [3.8, 4) is 0 Å². The quantitative estimate of drug-likeness (QED) is 0.535. The van der Waals surface area contributed by atoms with Gasteiger partial charge in [0.15, 0.2) is 0 Å². The Morgan fingerprint density at radius 1 is 1.62 bits per heavy atom. The van der Waals surface area contributed by atoms with Crippen molar-refractivity contribution in [3.63, 3.8) is 0 Å². The maximum atomic E-state index is 11.8. The van der Waals surface area contributed by atoms with Gasteiger partial charge in [-0.05, 0) is 6.42 Å². The van der Waals surface area contributed by atoms with Crippen molar-refractivity contribution in [3.05, 3.63) is 19.1 Å². The summed E-state index contributed by atoms with van der Waals surface area (Å²) < 4.78 is 22.9. The Balaban J connectivity index is 3.12. The van der Waals surface area contributed by atoms with Gasteiger partial charge in [0.1, 0.15) is 12.2 Å². The first-order valence-electron chi connectivity index (χ1n) is 2.55. The van der Waals surface area contributed by atoms with E-state index < -0.39 is 5.83 Å². The highest BCUT2D eigenvalue weighted by Gasteiger charge is 1.90. The van der Waals surface area contributed by atoms with Gasteiger partial charge in [0.2, 0.25) is 0 Å². The van der Waals surface area contributed by atoms with E-state index >= 15 is 0 Å². The van der Waals surface area contributed by atoms with Crippen LogP contribution in [0.2, 0.25) is 0 Å². The lowest BCUT2D eigenvalue weighted by Crippen LogP contribution is -1.72. The summed E-state index contributed by atoms with van der Waals surface area (Å²) >= 11 is 0. The summed E-state index contributed by atoms with van der Waals surface area (Å²) in [6, 6.07) is 0. The van der Waals surface area contributed by atoms with Gasteiger partial charge in [-0.2, -0.15) is 0 Å². The lowest BCUT2D eigenvalue weighted by atomic mass is 10.2. The fourth-order valence-corrected chi connectivity index (χ4v) is 0.348. The van der Waals surface area contributed by atoms with Gasteiger partial charge in [0, 0.05) is 6.42 Å². The van der Waals surface area contributed by atoms with Crippen LogP contribution >= 0.6 is 0 Å². The Morgan fingerprint density at radius 3 is 2.62 bits per heavy atom. The molecule has 8 heavy (non-hydrogen) atoms. The largest absolute Gasteiger partial charge is 0.213 e. The summed E-state index contributed by atoms with van der Waals surface area (Å²) in [6.45, 7) is 3.48. The molecule has 2 heteroatoms. The second-order valence-corrected chi connectivity index (χ2v) is 1.51. The van der Waals surface area contributed by atoms with Crippen LogP contribution in [0.5, 0.6) is 0 Å². The highest BCUT2D eigenvalue weighted by Crippen LogP contribution is 2.07. The molecule has 0 saturated heterocycles. The van der Waals surface area contributed by atoms with Crippen molar-refractivity contribution in [1.82, 2.24) is 0 Å². The van der Waals surface area contributed by atoms with E-state index in [1.165, 1.54) is 0 Å². The molecule has 0 aliphatic heterocycles. The number of allylic oxidation sites excluding steroid dienone is 1. The van der Waals surface area contributed by atoms with Crippen molar-refractivity contribution in [2.45, 2.75) is 19.3 Å². The Morgan fingerprint density at radius 2 is 2.25 bits per heavy atom. The summed E-state index contributed by atoms with van der Waals surface area (Å²) in [5, 5.41) is 0. The van der Waals surface area contributed by atoms with E-state index in [4.69, 9.17) is 0 Å². The summed E-state index contributed by atoms with van der Waals surface area (Å²) in [5.41, 5.74) is 0. The molecule has 0 atom stereocenters. The maximum absolute atomic E-state index is 11.8. The normalized spacial score (nSPS) is 12.1. The molecule has 0 aromatic carbocycles. The van der Waals surface area contributed by atoms with Crippen LogP contribution in [-0.4, -0.2) is 0 Å². The van der Waals surface area contributed by atoms with Crippen molar-refractivity contribution in [1.29, 1.82) is 0 Å². The molecule has 0 heterocycles. The molecular weight excluding hydrogens is 110 g/mol. The SMILES string of the molecule is [CH2]CCC/C(F)=C/F. The lowest BCUT2D eigenvalue weighted by Gasteiger charge is -1.88. The zero-order valence-corrected chi connectivity index (χ0v) is 4.66. The first kappa shape index (κ1) is 7.60. The molecule has 0 spiro atoms. The lowest BCUT2D eigenvalue weighted by molar-refractivity contribution is 0.537. The van der Waals surface area contributed by atoms with Crippen molar-refractivity contribution in [2.24, 2.45) is 0 Å². The van der Waals surface area contributed by atoms with E-state index in [0.717, 1.165) is 0 Å². The molecule has 0 bridgehead atoms. The molecule has 0 saturated carbocycles. The monoisotopic (exact) mass is 119 g/mol. The third-order valence-electron chi connectivity index (χ3n) is 0.784. The van der Waals surface area contributed by atoms with E-state index in [0.29, 0.717) is 12.8 Å². The number of unbranched alkanes of at least 4 members (excludes halogenated alkanes) is 1. The van der Waals surface area contributed by atoms with Crippen LogP contribution in [-0.2, 0) is 0 Å². The van der Waals surface area contributed by atoms with Gasteiger partial charge in [0.05, 0.1) is 0 Å². The summed E-state index contributed by atoms with van der Waals surface area (Å²) in [6.07, 6.45) is 1.45. The molecule has 1 radical (unpaired) electrons. The highest BCUT2D eigenvalue weighted by atomic mass is 19.2. The second-order valence-electron chi connectivity index (χ2n) is 1.51. The molecule has 0 aromatic rings. The van der Waals surface area contributed by atoms with Gasteiger partial charge in [-0.1, -0.05) is 13.3 Å². The van der Waals surface area contributed by atoms with Crippen molar-refractivity contribution in [2.75, 3.05) is 0 Å². The van der Waals surface area contributed by atoms with Gasteiger partial charge < -0.3 is 0 Å². The molecule has 0 unspecified atom stereocenters. The smallest absolute Gasteiger partial charge is 0.128 e. The van der Waals surface area contributed by atoms with E-state index in [9.17, 15) is 8.78 Å². The average molecular weight is 119 g/mol. The van der Waals surface area contributed by atoms with Crippen molar-refractivity contribution < 1.29 is 8.78 Å². The minimum atomic E-state index is -0.686. The molecule has 0 fully saturated rings. The average Bonchev–Trinajstić information content (AvgIpc) is 1.83. The van der Waals surface area contributed by atoms with Gasteiger partial charge in [-0.15, -0.1) is 0 Å². The number of rotatable bonds is 3. The molecule has 0 aliphatic rings. The van der Waals surface area contributed by atoms with Crippen LogP contribution in [0.3, 0.4) is 0 Å². The molecule has 0 amide bonds. The molecule has 0 rings (SSSR count). The summed E-state index contributed by atoms with van der Waals surface area (Å²) in [7, 11) is 0. The first-order chi connectivity index (χ1) is 3.81. The van der Waals surface area contributed by atoms with E-state index in [2.05, 4.69) is 6.92 Å². The Labute approximate surface area is 48.2 Å². The maximum Gasteiger partial charge on any atom is 0.128 e. The predicted molar refractivity (Wildman–Crippen MR) is 29.5 cm³/mol. The predicted octanol–water partition coefficient (Wildman–Crippen LogP) is 2.77. The van der Waals surface area contributed by atoms with Gasteiger partial charge >= 0.3 is 0 Å². The van der Waals surface area contributed by atoms with Gasteiger partial charge in [-0.3, -0.25) is 0 Å². The van der Waals surface area contributed by atoms with Crippen LogP contribution in [0, 0.1) is 6.92 Å². The Bertz CT molecular complexity index is 76.6. The third-order valence-corrected chi connectivity index (χ3v) is 0.784. The zero-order valence-electron chi connectivity index (χ0n) is 4.66. The van der Waals surface area contributed by atoms with Crippen LogP contribution in [0.15, 0.2) is 12.2 Å². The van der Waals surface area contributed by atoms with Crippen LogP contribution in [0.4, 0.5) is 8.78 Å². The molecule has 0 nitrogen and oxygen atoms in total. The molecule has 0 aromatic heterocycles. The minimum Gasteiger partial charge on any atom is -0.213 e. The van der Waals surface area contributed by atoms with Crippen LogP contribution in [0.1, 0.15) is 19.3 Å². The zero-order chi connectivity index (χ0) is 6.41. The van der Waals surface area contributed by atoms with Crippen molar-refractivity contribution >= 4 is 0 Å². The number of halogens is 2. The van der Waals surface area contributed by atoms with E-state index in [1.54, 1.807) is 0 Å². The second kappa shape index (κ2) is 4.75. The molecule has 47 valence electrons. The van der Waals surface area contributed by atoms with Gasteiger partial charge in [0.25, 0.3) is 0 Å². The Kier molecular flexibility index (Phi) is 4.51. The summed E-state index contributed by atoms with van der Waals surface area (Å²) in [5.74, 6) is -0.686. The third kappa shape index (κ3) is 3.78. The summed E-state index contributed by atoms with van der Waals surface area (Å²) in [4.78, 5) is 0. The topological polar surface area (TPSA) is 0 Å². The number of hydrogen-bond acceptors (Lipinski definition) is 0. The highest BCUT2D eigenvalue weighted by molar-refractivity contribution is 4.83. The molecular formula is C6H9F2. The fraction of sp³-hybridized carbons (Fsp3) is 0.500. The standard InChI is InChI=1S/C6H9F2/c1-2-3-4-6(8)5-7/h5H,1-4H2/b6-5-. The first-order valence-corrected chi connectivity index (χ1v) is 2.55. The minimum absolute atomic E-state index is 0.00431. The number of hydrogen-bond donors (Lipinski definition) is 0. The van der Waals surface area contributed by atoms with Crippen LogP contribution in [0.25, 0.3) is 0 Å². The molecule has 0 aliphatic carbocycles. The van der Waals surface area contributed by atoms with E-state index in [1.807, 2.05) is 0 Å². The fourth-order valence-electron chi connectivity index (χ4n) is 0.348. The Hall–Kier alpha value is -0.400. The molecule has 0 N–H and O–H groups in total. The van der Waals surface area contributed by atoms with Crippen LogP contribution < -0.4 is 0 Å².